The largest absolute Gasteiger partial charge is 0.297 e. The standard InChI is InChI=1S/C27H40O3S/c1-18-5-9-22(10-6-18)31(28,29)30-21-13-15-27(4)20(17-21)8-11-23-24-12-7-19(2)26(24,3)16-14-25(23)27/h5-6,9-10,19-21,23-25H,7-8,11-17H2,1-4H3. The van der Waals surface area contributed by atoms with E-state index in [-0.39, 0.29) is 11.0 Å². The zero-order chi connectivity index (χ0) is 22.0. The van der Waals surface area contributed by atoms with Crippen molar-refractivity contribution >= 4 is 10.1 Å². The zero-order valence-electron chi connectivity index (χ0n) is 19.8. The van der Waals surface area contributed by atoms with Crippen molar-refractivity contribution in [2.24, 2.45) is 40.4 Å². The highest BCUT2D eigenvalue weighted by atomic mass is 32.2. The van der Waals surface area contributed by atoms with Crippen LogP contribution in [0.5, 0.6) is 0 Å². The van der Waals surface area contributed by atoms with Crippen LogP contribution in [-0.4, -0.2) is 14.5 Å². The summed E-state index contributed by atoms with van der Waals surface area (Å²) in [5.74, 6) is 4.10. The van der Waals surface area contributed by atoms with Crippen LogP contribution in [0.25, 0.3) is 0 Å². The van der Waals surface area contributed by atoms with Gasteiger partial charge in [0.1, 0.15) is 0 Å². The van der Waals surface area contributed by atoms with E-state index in [2.05, 4.69) is 20.8 Å². The molecule has 0 N–H and O–H groups in total. The maximum atomic E-state index is 12.8. The van der Waals surface area contributed by atoms with Crippen LogP contribution in [0.3, 0.4) is 0 Å². The summed E-state index contributed by atoms with van der Waals surface area (Å²) in [6, 6.07) is 7.03. The van der Waals surface area contributed by atoms with E-state index in [4.69, 9.17) is 4.18 Å². The van der Waals surface area contributed by atoms with Gasteiger partial charge in [-0.3, -0.25) is 4.18 Å². The van der Waals surface area contributed by atoms with Gasteiger partial charge in [0.2, 0.25) is 0 Å². The van der Waals surface area contributed by atoms with E-state index in [0.717, 1.165) is 48.5 Å². The van der Waals surface area contributed by atoms with Crippen molar-refractivity contribution in [3.05, 3.63) is 29.8 Å². The lowest BCUT2D eigenvalue weighted by Gasteiger charge is -2.61. The third-order valence-electron chi connectivity index (χ3n) is 10.7. The third-order valence-corrected chi connectivity index (χ3v) is 12.0. The summed E-state index contributed by atoms with van der Waals surface area (Å²) < 4.78 is 31.5. The van der Waals surface area contributed by atoms with Gasteiger partial charge in [-0.1, -0.05) is 38.5 Å². The van der Waals surface area contributed by atoms with Gasteiger partial charge in [0.15, 0.2) is 0 Å². The van der Waals surface area contributed by atoms with Crippen molar-refractivity contribution in [1.82, 2.24) is 0 Å². The quantitative estimate of drug-likeness (QED) is 0.484. The fourth-order valence-electron chi connectivity index (χ4n) is 8.51. The number of aryl methyl sites for hydroxylation is 1. The highest BCUT2D eigenvalue weighted by molar-refractivity contribution is 7.86. The normalized spacial score (nSPS) is 44.9. The van der Waals surface area contributed by atoms with Crippen molar-refractivity contribution in [3.63, 3.8) is 0 Å². The molecule has 1 aromatic rings. The predicted octanol–water partition coefficient (Wildman–Crippen LogP) is 6.75. The van der Waals surface area contributed by atoms with Crippen LogP contribution in [0.2, 0.25) is 0 Å². The molecule has 4 heteroatoms. The average molecular weight is 445 g/mol. The Morgan fingerprint density at radius 2 is 1.55 bits per heavy atom. The molecule has 8 unspecified atom stereocenters. The minimum atomic E-state index is -3.68. The predicted molar refractivity (Wildman–Crippen MR) is 124 cm³/mol. The summed E-state index contributed by atoms with van der Waals surface area (Å²) in [5, 5.41) is 0. The van der Waals surface area contributed by atoms with Crippen molar-refractivity contribution in [2.75, 3.05) is 0 Å². The van der Waals surface area contributed by atoms with Crippen LogP contribution < -0.4 is 0 Å². The van der Waals surface area contributed by atoms with Gasteiger partial charge in [0.05, 0.1) is 11.0 Å². The highest BCUT2D eigenvalue weighted by Gasteiger charge is 2.59. The molecule has 0 amide bonds. The molecule has 8 atom stereocenters. The fraction of sp³-hybridized carbons (Fsp3) is 0.778. The minimum Gasteiger partial charge on any atom is -0.263 e. The van der Waals surface area contributed by atoms with Crippen molar-refractivity contribution < 1.29 is 12.6 Å². The molecular weight excluding hydrogens is 404 g/mol. The van der Waals surface area contributed by atoms with Gasteiger partial charge in [0.25, 0.3) is 10.1 Å². The number of hydrogen-bond acceptors (Lipinski definition) is 3. The van der Waals surface area contributed by atoms with Gasteiger partial charge in [-0.25, -0.2) is 0 Å². The Kier molecular flexibility index (Phi) is 5.37. The molecule has 0 bridgehead atoms. The first-order valence-corrected chi connectivity index (χ1v) is 14.0. The second-order valence-electron chi connectivity index (χ2n) is 11.9. The highest BCUT2D eigenvalue weighted by Crippen LogP contribution is 2.67. The Bertz CT molecular complexity index is 922. The fourth-order valence-corrected chi connectivity index (χ4v) is 9.62. The summed E-state index contributed by atoms with van der Waals surface area (Å²) in [6.07, 6.45) is 10.9. The molecule has 0 spiro atoms. The molecule has 4 saturated carbocycles. The molecule has 0 radical (unpaired) electrons. The van der Waals surface area contributed by atoms with Crippen LogP contribution in [0.15, 0.2) is 29.2 Å². The number of benzene rings is 1. The van der Waals surface area contributed by atoms with E-state index < -0.39 is 10.1 Å². The van der Waals surface area contributed by atoms with Gasteiger partial charge in [-0.2, -0.15) is 8.42 Å². The Morgan fingerprint density at radius 3 is 2.29 bits per heavy atom. The molecule has 0 saturated heterocycles. The molecule has 0 aliphatic heterocycles. The molecule has 3 nitrogen and oxygen atoms in total. The second-order valence-corrected chi connectivity index (χ2v) is 13.5. The molecule has 0 aromatic heterocycles. The van der Waals surface area contributed by atoms with E-state index in [1.165, 1.54) is 38.5 Å². The van der Waals surface area contributed by atoms with Crippen molar-refractivity contribution in [2.45, 2.75) is 96.5 Å². The molecule has 172 valence electrons. The van der Waals surface area contributed by atoms with Crippen LogP contribution in [-0.2, 0) is 14.3 Å². The lowest BCUT2D eigenvalue weighted by Crippen LogP contribution is -2.54. The number of hydrogen-bond donors (Lipinski definition) is 0. The maximum Gasteiger partial charge on any atom is 0.297 e. The van der Waals surface area contributed by atoms with Gasteiger partial charge in [-0.05, 0) is 117 Å². The van der Waals surface area contributed by atoms with E-state index >= 15 is 0 Å². The number of rotatable bonds is 3. The number of fused-ring (bicyclic) bond motifs is 5. The summed E-state index contributed by atoms with van der Waals surface area (Å²) in [7, 11) is -3.68. The third kappa shape index (κ3) is 3.51. The Balaban J connectivity index is 1.30. The van der Waals surface area contributed by atoms with Gasteiger partial charge < -0.3 is 0 Å². The summed E-state index contributed by atoms with van der Waals surface area (Å²) >= 11 is 0. The molecule has 4 aliphatic rings. The van der Waals surface area contributed by atoms with Crippen LogP contribution in [0.4, 0.5) is 0 Å². The summed E-state index contributed by atoms with van der Waals surface area (Å²) in [6.45, 7) is 9.58. The maximum absolute atomic E-state index is 12.8. The summed E-state index contributed by atoms with van der Waals surface area (Å²) in [4.78, 5) is 0.289. The Morgan fingerprint density at radius 1 is 0.871 bits per heavy atom. The van der Waals surface area contributed by atoms with E-state index in [1.54, 1.807) is 12.1 Å². The van der Waals surface area contributed by atoms with Crippen LogP contribution in [0.1, 0.15) is 84.1 Å². The van der Waals surface area contributed by atoms with E-state index in [9.17, 15) is 8.42 Å². The molecule has 4 fully saturated rings. The van der Waals surface area contributed by atoms with Crippen molar-refractivity contribution in [1.29, 1.82) is 0 Å². The first-order chi connectivity index (χ1) is 14.6. The Hall–Kier alpha value is -0.870. The average Bonchev–Trinajstić information content (AvgIpc) is 3.03. The molecule has 1 aromatic carbocycles. The van der Waals surface area contributed by atoms with E-state index in [0.29, 0.717) is 16.7 Å². The van der Waals surface area contributed by atoms with Gasteiger partial charge in [-0.15, -0.1) is 0 Å². The molecule has 5 rings (SSSR count). The monoisotopic (exact) mass is 444 g/mol. The van der Waals surface area contributed by atoms with Crippen molar-refractivity contribution in [3.8, 4) is 0 Å². The molecule has 4 aliphatic carbocycles. The summed E-state index contributed by atoms with van der Waals surface area (Å²) in [5.41, 5.74) is 1.99. The molecular formula is C27H40O3S. The van der Waals surface area contributed by atoms with E-state index in [1.807, 2.05) is 19.1 Å². The lowest BCUT2D eigenvalue weighted by atomic mass is 9.45. The second kappa shape index (κ2) is 7.58. The molecule has 0 heterocycles. The first kappa shape index (κ1) is 21.9. The smallest absolute Gasteiger partial charge is 0.263 e. The SMILES string of the molecule is Cc1ccc(S(=O)(=O)OC2CCC3(C)C(CCC4C5CCC(C)C5(C)CCC43)C2)cc1. The Labute approximate surface area is 189 Å². The van der Waals surface area contributed by atoms with Crippen LogP contribution in [0, 0.1) is 47.3 Å². The zero-order valence-corrected chi connectivity index (χ0v) is 20.6. The minimum absolute atomic E-state index is 0.165. The topological polar surface area (TPSA) is 43.4 Å². The van der Waals surface area contributed by atoms with Gasteiger partial charge in [0, 0.05) is 0 Å². The molecule has 31 heavy (non-hydrogen) atoms. The lowest BCUT2D eigenvalue weighted by molar-refractivity contribution is -0.122. The first-order valence-electron chi connectivity index (χ1n) is 12.6. The van der Waals surface area contributed by atoms with Crippen LogP contribution >= 0.6 is 0 Å². The van der Waals surface area contributed by atoms with Gasteiger partial charge >= 0.3 is 0 Å².